The van der Waals surface area contributed by atoms with E-state index in [1.54, 1.807) is 20.8 Å². The third kappa shape index (κ3) is 10.2. The maximum absolute atomic E-state index is 12.4. The van der Waals surface area contributed by atoms with Gasteiger partial charge < -0.3 is 20.2 Å². The van der Waals surface area contributed by atoms with Crippen LogP contribution in [0.25, 0.3) is 0 Å². The fourth-order valence-electron chi connectivity index (χ4n) is 2.12. The van der Waals surface area contributed by atoms with Gasteiger partial charge in [-0.05, 0) is 51.4 Å². The smallest absolute Gasteiger partial charge is 0.408 e. The maximum atomic E-state index is 12.4. The summed E-state index contributed by atoms with van der Waals surface area (Å²) in [6, 6.07) is -0.739. The summed E-state index contributed by atoms with van der Waals surface area (Å²) in [5.74, 6) is -0.141. The van der Waals surface area contributed by atoms with Gasteiger partial charge in [-0.1, -0.05) is 27.7 Å². The SMILES string of the molecule is C[C@@H](CN)[C@@H](O[Si](C)(C)C(C)(C)C)C(COS(C)(=O)=O)NC(=O)OC(C)(C)C. The number of nitrogens with one attached hydrogen (secondary N) is 1. The number of carbonyl (C=O) groups excluding carboxylic acids is 1. The van der Waals surface area contributed by atoms with Crippen LogP contribution in [0.1, 0.15) is 48.5 Å². The van der Waals surface area contributed by atoms with Crippen LogP contribution in [0, 0.1) is 5.92 Å². The highest BCUT2D eigenvalue weighted by Crippen LogP contribution is 2.38. The molecule has 0 fully saturated rings. The Hall–Kier alpha value is -0.683. The maximum Gasteiger partial charge on any atom is 0.408 e. The summed E-state index contributed by atoms with van der Waals surface area (Å²) < 4.78 is 39.9. The lowest BCUT2D eigenvalue weighted by molar-refractivity contribution is 0.0305. The van der Waals surface area contributed by atoms with Gasteiger partial charge >= 0.3 is 6.09 Å². The van der Waals surface area contributed by atoms with Crippen molar-refractivity contribution < 1.29 is 26.6 Å². The minimum absolute atomic E-state index is 0.0757. The zero-order valence-corrected chi connectivity index (χ0v) is 20.9. The first-order valence-corrected chi connectivity index (χ1v) is 14.2. The Bertz CT molecular complexity index is 611. The van der Waals surface area contributed by atoms with Crippen LogP contribution in [0.5, 0.6) is 0 Å². The van der Waals surface area contributed by atoms with E-state index in [0.717, 1.165) is 6.26 Å². The predicted molar refractivity (Wildman–Crippen MR) is 114 cm³/mol. The van der Waals surface area contributed by atoms with Gasteiger partial charge in [-0.25, -0.2) is 4.79 Å². The van der Waals surface area contributed by atoms with Gasteiger partial charge in [0.1, 0.15) is 5.60 Å². The fraction of sp³-hybridized carbons (Fsp3) is 0.944. The Kier molecular flexibility index (Phi) is 9.64. The van der Waals surface area contributed by atoms with Crippen molar-refractivity contribution in [1.82, 2.24) is 5.32 Å². The average Bonchev–Trinajstić information content (AvgIpc) is 2.44. The van der Waals surface area contributed by atoms with Gasteiger partial charge in [0.2, 0.25) is 0 Å². The molecule has 0 saturated carbocycles. The Balaban J connectivity index is 5.78. The van der Waals surface area contributed by atoms with E-state index in [0.29, 0.717) is 6.54 Å². The molecule has 0 aromatic carbocycles. The molecule has 0 aliphatic rings. The molecule has 1 amide bonds. The van der Waals surface area contributed by atoms with E-state index in [2.05, 4.69) is 39.2 Å². The number of hydrogen-bond acceptors (Lipinski definition) is 7. The summed E-state index contributed by atoms with van der Waals surface area (Å²) in [6.45, 7) is 17.7. The Morgan fingerprint density at radius 3 is 2.00 bits per heavy atom. The second-order valence-corrected chi connectivity index (χ2v) is 16.2. The minimum atomic E-state index is -3.70. The van der Waals surface area contributed by atoms with Crippen molar-refractivity contribution in [2.24, 2.45) is 11.7 Å². The minimum Gasteiger partial charge on any atom is -0.444 e. The van der Waals surface area contributed by atoms with Gasteiger partial charge in [0.15, 0.2) is 8.32 Å². The Morgan fingerprint density at radius 2 is 1.64 bits per heavy atom. The summed E-state index contributed by atoms with van der Waals surface area (Å²) >= 11 is 0. The standard InChI is InChI=1S/C18H40N2O6SSi/c1-13(11-19)15(26-28(9,10)18(5,6)7)14(12-24-27(8,22)23)20-16(21)25-17(2,3)4/h13-15H,11-12,19H2,1-10H3,(H,20,21)/t13-,14?,15+/m0/s1. The molecule has 3 atom stereocenters. The summed E-state index contributed by atoms with van der Waals surface area (Å²) in [6.07, 6.45) is -0.226. The predicted octanol–water partition coefficient (Wildman–Crippen LogP) is 2.84. The van der Waals surface area contributed by atoms with Crippen LogP contribution in [0.4, 0.5) is 4.79 Å². The van der Waals surface area contributed by atoms with Gasteiger partial charge in [0.05, 0.1) is 25.0 Å². The summed E-state index contributed by atoms with van der Waals surface area (Å²) in [5, 5.41) is 2.65. The van der Waals surface area contributed by atoms with Crippen molar-refractivity contribution in [3.8, 4) is 0 Å². The van der Waals surface area contributed by atoms with Gasteiger partial charge in [0.25, 0.3) is 10.1 Å². The van der Waals surface area contributed by atoms with Crippen molar-refractivity contribution in [3.05, 3.63) is 0 Å². The van der Waals surface area contributed by atoms with Crippen LogP contribution >= 0.6 is 0 Å². The molecule has 0 bridgehead atoms. The van der Waals surface area contributed by atoms with E-state index in [1.165, 1.54) is 0 Å². The highest BCUT2D eigenvalue weighted by Gasteiger charge is 2.43. The zero-order valence-electron chi connectivity index (χ0n) is 19.1. The van der Waals surface area contributed by atoms with Crippen LogP contribution in [0.15, 0.2) is 0 Å². The first-order valence-electron chi connectivity index (χ1n) is 9.51. The Morgan fingerprint density at radius 1 is 1.14 bits per heavy atom. The number of ether oxygens (including phenoxy) is 1. The molecule has 10 heteroatoms. The van der Waals surface area contributed by atoms with E-state index in [1.807, 2.05) is 6.92 Å². The number of hydrogen-bond donors (Lipinski definition) is 2. The summed E-state index contributed by atoms with van der Waals surface area (Å²) in [7, 11) is -5.93. The number of carbonyl (C=O) groups is 1. The van der Waals surface area contributed by atoms with Crippen LogP contribution in [0.2, 0.25) is 18.1 Å². The van der Waals surface area contributed by atoms with Gasteiger partial charge in [0, 0.05) is 0 Å². The number of rotatable bonds is 9. The molecule has 0 aromatic rings. The zero-order chi connectivity index (χ0) is 22.6. The molecule has 0 heterocycles. The summed E-state index contributed by atoms with van der Waals surface area (Å²) in [4.78, 5) is 12.4. The monoisotopic (exact) mass is 440 g/mol. The molecule has 0 rings (SSSR count). The third-order valence-electron chi connectivity index (χ3n) is 4.73. The molecule has 168 valence electrons. The number of amides is 1. The van der Waals surface area contributed by atoms with Crippen molar-refractivity contribution in [2.45, 2.75) is 84.3 Å². The average molecular weight is 441 g/mol. The largest absolute Gasteiger partial charge is 0.444 e. The lowest BCUT2D eigenvalue weighted by atomic mass is 9.98. The highest BCUT2D eigenvalue weighted by atomic mass is 32.2. The third-order valence-corrected chi connectivity index (χ3v) is 9.77. The van der Waals surface area contributed by atoms with Crippen LogP contribution in [0.3, 0.4) is 0 Å². The van der Waals surface area contributed by atoms with Crippen LogP contribution in [-0.4, -0.2) is 60.0 Å². The molecule has 0 aliphatic carbocycles. The molecule has 0 aromatic heterocycles. The lowest BCUT2D eigenvalue weighted by Gasteiger charge is -2.43. The van der Waals surface area contributed by atoms with Crippen molar-refractivity contribution in [2.75, 3.05) is 19.4 Å². The quantitative estimate of drug-likeness (QED) is 0.418. The first-order chi connectivity index (χ1) is 12.3. The molecule has 3 N–H and O–H groups in total. The molecule has 0 saturated heterocycles. The topological polar surface area (TPSA) is 117 Å². The van der Waals surface area contributed by atoms with Crippen LogP contribution < -0.4 is 11.1 Å². The molecule has 8 nitrogen and oxygen atoms in total. The van der Waals surface area contributed by atoms with Crippen molar-refractivity contribution >= 4 is 24.5 Å². The first kappa shape index (κ1) is 27.3. The van der Waals surface area contributed by atoms with E-state index in [9.17, 15) is 13.2 Å². The van der Waals surface area contributed by atoms with Gasteiger partial charge in [-0.2, -0.15) is 8.42 Å². The fourth-order valence-corrected chi connectivity index (χ4v) is 3.94. The van der Waals surface area contributed by atoms with E-state index < -0.39 is 42.3 Å². The second-order valence-electron chi connectivity index (χ2n) is 9.80. The number of alkyl carbamates (subject to hydrolysis) is 1. The van der Waals surface area contributed by atoms with Crippen molar-refractivity contribution in [3.63, 3.8) is 0 Å². The molecular weight excluding hydrogens is 400 g/mol. The Labute approximate surface area is 172 Å². The van der Waals surface area contributed by atoms with Gasteiger partial charge in [-0.15, -0.1) is 0 Å². The highest BCUT2D eigenvalue weighted by molar-refractivity contribution is 7.85. The normalized spacial score (nSPS) is 17.0. The van der Waals surface area contributed by atoms with E-state index >= 15 is 0 Å². The van der Waals surface area contributed by atoms with Crippen molar-refractivity contribution in [1.29, 1.82) is 0 Å². The summed E-state index contributed by atoms with van der Waals surface area (Å²) in [5.41, 5.74) is 5.19. The van der Waals surface area contributed by atoms with E-state index in [4.69, 9.17) is 19.1 Å². The molecule has 0 spiro atoms. The number of nitrogens with two attached hydrogens (primary N) is 1. The van der Waals surface area contributed by atoms with Gasteiger partial charge in [-0.3, -0.25) is 4.18 Å². The molecule has 0 aliphatic heterocycles. The molecule has 1 unspecified atom stereocenters. The van der Waals surface area contributed by atoms with E-state index in [-0.39, 0.29) is 17.6 Å². The lowest BCUT2D eigenvalue weighted by Crippen LogP contribution is -2.57. The molecule has 0 radical (unpaired) electrons. The second kappa shape index (κ2) is 9.88. The molecular formula is C18H40N2O6SSi. The van der Waals surface area contributed by atoms with Crippen LogP contribution in [-0.2, 0) is 23.5 Å². The molecule has 28 heavy (non-hydrogen) atoms.